The van der Waals surface area contributed by atoms with E-state index in [0.717, 1.165) is 34.7 Å². The zero-order valence-electron chi connectivity index (χ0n) is 15.5. The largest absolute Gasteiger partial charge is 0.497 e. The van der Waals surface area contributed by atoms with E-state index < -0.39 is 5.91 Å². The maximum atomic E-state index is 13.1. The molecule has 4 rings (SSSR count). The fourth-order valence-electron chi connectivity index (χ4n) is 3.97. The lowest BCUT2D eigenvalue weighted by Gasteiger charge is -2.33. The zero-order valence-corrected chi connectivity index (χ0v) is 15.5. The first-order valence-corrected chi connectivity index (χ1v) is 9.03. The summed E-state index contributed by atoms with van der Waals surface area (Å²) in [6.45, 7) is 1.49. The number of benzene rings is 1. The van der Waals surface area contributed by atoms with E-state index in [0.29, 0.717) is 31.8 Å². The molecule has 7 heteroatoms. The molecule has 142 valence electrons. The number of aromatic nitrogens is 1. The van der Waals surface area contributed by atoms with Crippen molar-refractivity contribution < 1.29 is 19.1 Å². The van der Waals surface area contributed by atoms with Gasteiger partial charge in [0, 0.05) is 25.4 Å². The van der Waals surface area contributed by atoms with Crippen LogP contribution in [0, 0.1) is 5.92 Å². The Morgan fingerprint density at radius 2 is 2.07 bits per heavy atom. The van der Waals surface area contributed by atoms with Crippen LogP contribution in [0.5, 0.6) is 11.5 Å². The molecular weight excluding hydrogens is 346 g/mol. The van der Waals surface area contributed by atoms with Crippen molar-refractivity contribution in [2.24, 2.45) is 18.7 Å². The third-order valence-corrected chi connectivity index (χ3v) is 5.53. The van der Waals surface area contributed by atoms with E-state index in [1.807, 2.05) is 36.2 Å². The molecule has 2 aliphatic heterocycles. The van der Waals surface area contributed by atoms with E-state index in [1.165, 1.54) is 0 Å². The lowest BCUT2D eigenvalue weighted by atomic mass is 9.94. The summed E-state index contributed by atoms with van der Waals surface area (Å²) in [4.78, 5) is 26.5. The monoisotopic (exact) mass is 369 g/mol. The average molecular weight is 369 g/mol. The molecule has 1 aromatic heterocycles. The molecule has 0 radical (unpaired) electrons. The highest BCUT2D eigenvalue weighted by molar-refractivity contribution is 5.92. The zero-order chi connectivity index (χ0) is 19.1. The van der Waals surface area contributed by atoms with Gasteiger partial charge in [0.1, 0.15) is 23.8 Å². The Hall–Kier alpha value is -2.96. The second-order valence-corrected chi connectivity index (χ2v) is 7.12. The second kappa shape index (κ2) is 6.64. The Balaban J connectivity index is 1.50. The van der Waals surface area contributed by atoms with E-state index in [2.05, 4.69) is 0 Å². The number of carbonyl (C=O) groups is 2. The fraction of sp³-hybridized carbons (Fsp3) is 0.400. The summed E-state index contributed by atoms with van der Waals surface area (Å²) in [6.07, 6.45) is 1.38. The number of primary amides is 1. The van der Waals surface area contributed by atoms with Gasteiger partial charge in [-0.1, -0.05) is 6.07 Å². The van der Waals surface area contributed by atoms with Gasteiger partial charge in [-0.15, -0.1) is 0 Å². The molecule has 2 aromatic rings. The van der Waals surface area contributed by atoms with Crippen LogP contribution in [0.4, 0.5) is 0 Å². The molecule has 3 heterocycles. The van der Waals surface area contributed by atoms with Gasteiger partial charge in [0.25, 0.3) is 5.91 Å². The Morgan fingerprint density at radius 3 is 2.81 bits per heavy atom. The third-order valence-electron chi connectivity index (χ3n) is 5.53. The lowest BCUT2D eigenvalue weighted by Crippen LogP contribution is -2.43. The van der Waals surface area contributed by atoms with Gasteiger partial charge in [-0.05, 0) is 36.1 Å². The first-order valence-electron chi connectivity index (χ1n) is 9.03. The van der Waals surface area contributed by atoms with Gasteiger partial charge in [0.2, 0.25) is 5.91 Å². The summed E-state index contributed by atoms with van der Waals surface area (Å²) >= 11 is 0. The highest BCUT2D eigenvalue weighted by Gasteiger charge is 2.32. The van der Waals surface area contributed by atoms with Crippen LogP contribution in [0.25, 0.3) is 0 Å². The van der Waals surface area contributed by atoms with E-state index >= 15 is 0 Å². The highest BCUT2D eigenvalue weighted by Crippen LogP contribution is 2.32. The van der Waals surface area contributed by atoms with Crippen LogP contribution in [0.3, 0.4) is 0 Å². The van der Waals surface area contributed by atoms with Gasteiger partial charge >= 0.3 is 0 Å². The molecule has 1 unspecified atom stereocenters. The number of methoxy groups -OCH3 is 1. The Morgan fingerprint density at radius 1 is 1.26 bits per heavy atom. The van der Waals surface area contributed by atoms with Gasteiger partial charge in [0.15, 0.2) is 0 Å². The molecule has 0 spiro atoms. The Labute approximate surface area is 157 Å². The summed E-state index contributed by atoms with van der Waals surface area (Å²) in [5.74, 6) is 0.966. The van der Waals surface area contributed by atoms with E-state index in [4.69, 9.17) is 15.2 Å². The third kappa shape index (κ3) is 3.03. The van der Waals surface area contributed by atoms with E-state index in [9.17, 15) is 9.59 Å². The predicted molar refractivity (Wildman–Crippen MR) is 98.7 cm³/mol. The van der Waals surface area contributed by atoms with Crippen LogP contribution in [0.2, 0.25) is 0 Å². The molecule has 2 amide bonds. The SMILES string of the molecule is COc1ccc2c(c1)OCC(C(=O)N1CCc3cc(C(N)=O)n(C)c3C1)C2. The van der Waals surface area contributed by atoms with Crippen LogP contribution in [0.15, 0.2) is 24.3 Å². The normalized spacial score (nSPS) is 18.3. The first-order chi connectivity index (χ1) is 13.0. The van der Waals surface area contributed by atoms with Gasteiger partial charge in [0.05, 0.1) is 19.6 Å². The maximum Gasteiger partial charge on any atom is 0.265 e. The molecule has 0 aliphatic carbocycles. The summed E-state index contributed by atoms with van der Waals surface area (Å²) < 4.78 is 12.8. The summed E-state index contributed by atoms with van der Waals surface area (Å²) in [5.41, 5.74) is 9.01. The number of ether oxygens (including phenoxy) is 2. The number of carbonyl (C=O) groups excluding carboxylic acids is 2. The minimum absolute atomic E-state index is 0.0870. The van der Waals surface area contributed by atoms with Crippen LogP contribution in [0.1, 0.15) is 27.3 Å². The summed E-state index contributed by atoms with van der Waals surface area (Å²) in [5, 5.41) is 0. The minimum atomic E-state index is -0.447. The fourth-order valence-corrected chi connectivity index (χ4v) is 3.97. The molecule has 2 N–H and O–H groups in total. The van der Waals surface area contributed by atoms with Crippen LogP contribution >= 0.6 is 0 Å². The number of nitrogens with two attached hydrogens (primary N) is 1. The molecule has 27 heavy (non-hydrogen) atoms. The Kier molecular flexibility index (Phi) is 4.30. The van der Waals surface area contributed by atoms with Crippen molar-refractivity contribution in [2.75, 3.05) is 20.3 Å². The van der Waals surface area contributed by atoms with Crippen molar-refractivity contribution in [3.05, 3.63) is 46.8 Å². The predicted octanol–water partition coefficient (Wildman–Crippen LogP) is 1.27. The van der Waals surface area contributed by atoms with Gasteiger partial charge < -0.3 is 24.7 Å². The van der Waals surface area contributed by atoms with Gasteiger partial charge in [-0.2, -0.15) is 0 Å². The first kappa shape index (κ1) is 17.5. The van der Waals surface area contributed by atoms with Crippen LogP contribution in [-0.2, 0) is 31.2 Å². The molecule has 0 saturated carbocycles. The minimum Gasteiger partial charge on any atom is -0.497 e. The van der Waals surface area contributed by atoms with Gasteiger partial charge in [-0.25, -0.2) is 0 Å². The summed E-state index contributed by atoms with van der Waals surface area (Å²) in [7, 11) is 3.44. The van der Waals surface area contributed by atoms with E-state index in [1.54, 1.807) is 11.7 Å². The van der Waals surface area contributed by atoms with Crippen molar-refractivity contribution in [3.63, 3.8) is 0 Å². The lowest BCUT2D eigenvalue weighted by molar-refractivity contribution is -0.138. The van der Waals surface area contributed by atoms with Crippen LogP contribution < -0.4 is 15.2 Å². The van der Waals surface area contributed by atoms with Crippen molar-refractivity contribution >= 4 is 11.8 Å². The molecule has 0 saturated heterocycles. The molecule has 2 aliphatic rings. The number of amides is 2. The number of hydrogen-bond acceptors (Lipinski definition) is 4. The standard InChI is InChI=1S/C20H23N3O4/c1-22-16(19(21)24)8-12-5-6-23(10-17(12)22)20(25)14-7-13-3-4-15(26-2)9-18(13)27-11-14/h3-4,8-9,14H,5-7,10-11H2,1-2H3,(H2,21,24). The van der Waals surface area contributed by atoms with Crippen molar-refractivity contribution in [1.29, 1.82) is 0 Å². The number of hydrogen-bond donors (Lipinski definition) is 1. The maximum absolute atomic E-state index is 13.1. The van der Waals surface area contributed by atoms with Crippen LogP contribution in [-0.4, -0.2) is 41.5 Å². The topological polar surface area (TPSA) is 86.8 Å². The van der Waals surface area contributed by atoms with Gasteiger partial charge in [-0.3, -0.25) is 9.59 Å². The second-order valence-electron chi connectivity index (χ2n) is 7.12. The van der Waals surface area contributed by atoms with E-state index in [-0.39, 0.29) is 11.8 Å². The highest BCUT2D eigenvalue weighted by atomic mass is 16.5. The quantitative estimate of drug-likeness (QED) is 0.883. The molecule has 7 nitrogen and oxygen atoms in total. The number of rotatable bonds is 3. The Bertz CT molecular complexity index is 918. The molecular formula is C20H23N3O4. The molecule has 0 fully saturated rings. The summed E-state index contributed by atoms with van der Waals surface area (Å²) in [6, 6.07) is 7.54. The smallest absolute Gasteiger partial charge is 0.265 e. The van der Waals surface area contributed by atoms with Crippen molar-refractivity contribution in [2.45, 2.75) is 19.4 Å². The average Bonchev–Trinajstić information content (AvgIpc) is 3.03. The molecule has 0 bridgehead atoms. The van der Waals surface area contributed by atoms with Crippen molar-refractivity contribution in [1.82, 2.24) is 9.47 Å². The molecule has 1 aromatic carbocycles. The molecule has 1 atom stereocenters. The van der Waals surface area contributed by atoms with Crippen molar-refractivity contribution in [3.8, 4) is 11.5 Å². The number of fused-ring (bicyclic) bond motifs is 2. The number of nitrogens with zero attached hydrogens (tertiary/aromatic N) is 2.